The summed E-state index contributed by atoms with van der Waals surface area (Å²) in [7, 11) is 10.5. The van der Waals surface area contributed by atoms with Crippen molar-refractivity contribution in [3.8, 4) is 0 Å². The molecule has 182 valence electrons. The van der Waals surface area contributed by atoms with E-state index in [1.807, 2.05) is 6.92 Å². The quantitative estimate of drug-likeness (QED) is 0.410. The second-order valence-electron chi connectivity index (χ2n) is 12.7. The van der Waals surface area contributed by atoms with Gasteiger partial charge in [0, 0.05) is 0 Å². The van der Waals surface area contributed by atoms with E-state index in [0.717, 1.165) is 51.4 Å². The molecule has 0 aromatic rings. The monoisotopic (exact) mass is 462 g/mol. The van der Waals surface area contributed by atoms with Gasteiger partial charge in [0.1, 0.15) is 0 Å². The Balaban J connectivity index is 1.44. The molecule has 8 atom stereocenters. The molecule has 0 aromatic heterocycles. The lowest BCUT2D eigenvalue weighted by Gasteiger charge is -2.59. The fourth-order valence-electron chi connectivity index (χ4n) is 8.61. The number of aliphatic hydroxyl groups is 2. The lowest BCUT2D eigenvalue weighted by Crippen LogP contribution is -2.51. The van der Waals surface area contributed by atoms with E-state index in [9.17, 15) is 23.4 Å². The molecule has 0 heterocycles. The van der Waals surface area contributed by atoms with Crippen LogP contribution in [0.5, 0.6) is 0 Å². The number of hydrogen-bond acceptors (Lipinski definition) is 2. The van der Waals surface area contributed by atoms with Gasteiger partial charge in [-0.25, -0.2) is 0 Å². The summed E-state index contributed by atoms with van der Waals surface area (Å²) >= 11 is 0. The molecular formula is C26H39B2F3O2. The third-order valence-electron chi connectivity index (χ3n) is 10.6. The molecule has 3 saturated carbocycles. The standard InChI is InChI=1S/C26H39B2F3O2/c1-22(32)13-14-24(3)17(15-22)7-9-18-19-10-8-16(23(19,2)12-11-20(18)24)5-4-6-21(25(27,28)33)26(29,30)31/h7,16,18-21,32-33H,4-6,8-15H2,1-3H3/t16?,18?,19?,20?,21?,22-,23?,24?/m0/s1. The molecule has 0 aliphatic heterocycles. The predicted octanol–water partition coefficient (Wildman–Crippen LogP) is 5.65. The lowest BCUT2D eigenvalue weighted by atomic mass is 9.46. The molecular weight excluding hydrogens is 423 g/mol. The minimum absolute atomic E-state index is 0.165. The number of fused-ring (bicyclic) bond motifs is 5. The van der Waals surface area contributed by atoms with E-state index < -0.39 is 23.1 Å². The van der Waals surface area contributed by atoms with Crippen LogP contribution in [0, 0.1) is 40.4 Å². The van der Waals surface area contributed by atoms with Gasteiger partial charge in [0.25, 0.3) is 0 Å². The van der Waals surface area contributed by atoms with Crippen molar-refractivity contribution in [1.82, 2.24) is 0 Å². The first-order valence-electron chi connectivity index (χ1n) is 12.9. The summed E-state index contributed by atoms with van der Waals surface area (Å²) in [6.07, 6.45) is 6.95. The van der Waals surface area contributed by atoms with Crippen LogP contribution >= 0.6 is 0 Å². The third-order valence-corrected chi connectivity index (χ3v) is 10.6. The van der Waals surface area contributed by atoms with Gasteiger partial charge in [-0.15, -0.1) is 0 Å². The van der Waals surface area contributed by atoms with Gasteiger partial charge < -0.3 is 10.2 Å². The lowest BCUT2D eigenvalue weighted by molar-refractivity contribution is -0.198. The SMILES string of the molecule is [B]C([B])(O)C(CCCC1CCC2C3CC=C4C[C@@](C)(O)CCC4(C)C3CCC12C)C(F)(F)F. The maximum absolute atomic E-state index is 13.3. The largest absolute Gasteiger partial charge is 0.409 e. The Labute approximate surface area is 200 Å². The molecule has 3 fully saturated rings. The van der Waals surface area contributed by atoms with Gasteiger partial charge in [0.15, 0.2) is 0 Å². The molecule has 4 aliphatic carbocycles. The van der Waals surface area contributed by atoms with Crippen molar-refractivity contribution in [3.05, 3.63) is 11.6 Å². The number of allylic oxidation sites excluding steroid dienone is 1. The first-order chi connectivity index (χ1) is 15.1. The van der Waals surface area contributed by atoms with Gasteiger partial charge in [-0.2, -0.15) is 13.2 Å². The molecule has 0 bridgehead atoms. The Bertz CT molecular complexity index is 760. The molecule has 4 rings (SSSR count). The molecule has 0 aromatic carbocycles. The molecule has 0 spiro atoms. The van der Waals surface area contributed by atoms with E-state index in [-0.39, 0.29) is 17.3 Å². The van der Waals surface area contributed by atoms with Gasteiger partial charge in [0.05, 0.1) is 27.2 Å². The summed E-state index contributed by atoms with van der Waals surface area (Å²) < 4.78 is 40.0. The zero-order valence-corrected chi connectivity index (χ0v) is 20.4. The van der Waals surface area contributed by atoms with Crippen LogP contribution in [0.15, 0.2) is 11.6 Å². The molecule has 7 unspecified atom stereocenters. The van der Waals surface area contributed by atoms with Crippen LogP contribution in [0.25, 0.3) is 0 Å². The van der Waals surface area contributed by atoms with Crippen LogP contribution in [0.1, 0.15) is 91.4 Å². The minimum Gasteiger partial charge on any atom is -0.409 e. The van der Waals surface area contributed by atoms with E-state index in [0.29, 0.717) is 30.1 Å². The number of halogens is 3. The van der Waals surface area contributed by atoms with Crippen LogP contribution in [0.4, 0.5) is 13.2 Å². The second kappa shape index (κ2) is 8.32. The van der Waals surface area contributed by atoms with Crippen molar-refractivity contribution >= 4 is 15.7 Å². The average molecular weight is 462 g/mol. The molecule has 0 saturated heterocycles. The Kier molecular flexibility index (Phi) is 6.47. The number of hydrogen-bond donors (Lipinski definition) is 2. The van der Waals surface area contributed by atoms with Crippen LogP contribution < -0.4 is 0 Å². The molecule has 7 heteroatoms. The van der Waals surface area contributed by atoms with Crippen molar-refractivity contribution in [1.29, 1.82) is 0 Å². The highest BCUT2D eigenvalue weighted by Gasteiger charge is 2.59. The normalized spacial score (nSPS) is 44.4. The zero-order valence-electron chi connectivity index (χ0n) is 20.4. The molecule has 0 amide bonds. The summed E-state index contributed by atoms with van der Waals surface area (Å²) in [6, 6.07) is 0. The van der Waals surface area contributed by atoms with E-state index in [4.69, 9.17) is 15.7 Å². The van der Waals surface area contributed by atoms with E-state index in [1.165, 1.54) is 12.0 Å². The maximum atomic E-state index is 13.3. The van der Waals surface area contributed by atoms with Crippen molar-refractivity contribution < 1.29 is 23.4 Å². The van der Waals surface area contributed by atoms with Gasteiger partial charge in [-0.1, -0.05) is 31.9 Å². The number of rotatable bonds is 5. The minimum atomic E-state index is -4.61. The first kappa shape index (κ1) is 25.7. The van der Waals surface area contributed by atoms with Crippen LogP contribution in [-0.2, 0) is 0 Å². The second-order valence-corrected chi connectivity index (χ2v) is 12.7. The van der Waals surface area contributed by atoms with Gasteiger partial charge in [-0.3, -0.25) is 0 Å². The molecule has 2 N–H and O–H groups in total. The molecule has 2 nitrogen and oxygen atoms in total. The van der Waals surface area contributed by atoms with Crippen LogP contribution in [0.2, 0.25) is 0 Å². The third kappa shape index (κ3) is 4.59. The molecule has 4 aliphatic rings. The summed E-state index contributed by atoms with van der Waals surface area (Å²) in [5, 5.41) is 17.5. The zero-order chi connectivity index (χ0) is 24.4. The maximum Gasteiger partial charge on any atom is 0.393 e. The van der Waals surface area contributed by atoms with Crippen LogP contribution in [0.3, 0.4) is 0 Å². The predicted molar refractivity (Wildman–Crippen MR) is 126 cm³/mol. The van der Waals surface area contributed by atoms with Gasteiger partial charge in [-0.05, 0) is 111 Å². The van der Waals surface area contributed by atoms with Crippen LogP contribution in [-0.4, -0.2) is 43.1 Å². The molecule has 4 radical (unpaired) electrons. The van der Waals surface area contributed by atoms with E-state index in [1.54, 1.807) is 0 Å². The van der Waals surface area contributed by atoms with Gasteiger partial charge in [0.2, 0.25) is 0 Å². The van der Waals surface area contributed by atoms with Crippen molar-refractivity contribution in [2.75, 3.05) is 0 Å². The highest BCUT2D eigenvalue weighted by atomic mass is 19.4. The fourth-order valence-corrected chi connectivity index (χ4v) is 8.61. The summed E-state index contributed by atoms with van der Waals surface area (Å²) in [6.45, 7) is 6.75. The summed E-state index contributed by atoms with van der Waals surface area (Å²) in [5.41, 5.74) is 1.20. The number of alkyl halides is 3. The highest BCUT2D eigenvalue weighted by molar-refractivity contribution is 6.39. The van der Waals surface area contributed by atoms with Gasteiger partial charge >= 0.3 is 6.18 Å². The van der Waals surface area contributed by atoms with E-state index in [2.05, 4.69) is 19.9 Å². The van der Waals surface area contributed by atoms with Crippen molar-refractivity contribution in [2.45, 2.75) is 109 Å². The highest BCUT2D eigenvalue weighted by Crippen LogP contribution is 2.67. The Morgan fingerprint density at radius 3 is 2.39 bits per heavy atom. The smallest absolute Gasteiger partial charge is 0.393 e. The van der Waals surface area contributed by atoms with Crippen molar-refractivity contribution in [2.24, 2.45) is 40.4 Å². The summed E-state index contributed by atoms with van der Waals surface area (Å²) in [5.74, 6) is 0.191. The topological polar surface area (TPSA) is 40.5 Å². The Hall–Kier alpha value is -0.420. The van der Waals surface area contributed by atoms with Crippen molar-refractivity contribution in [3.63, 3.8) is 0 Å². The molecule has 33 heavy (non-hydrogen) atoms. The fraction of sp³-hybridized carbons (Fsp3) is 0.923. The Morgan fingerprint density at radius 2 is 1.76 bits per heavy atom. The summed E-state index contributed by atoms with van der Waals surface area (Å²) in [4.78, 5) is 0. The van der Waals surface area contributed by atoms with E-state index >= 15 is 0 Å². The average Bonchev–Trinajstić information content (AvgIpc) is 3.00. The Morgan fingerprint density at radius 1 is 1.06 bits per heavy atom. The first-order valence-corrected chi connectivity index (χ1v) is 12.9.